The average Bonchev–Trinajstić information content (AvgIpc) is 2.86. The molecule has 0 amide bonds. The zero-order valence-corrected chi connectivity index (χ0v) is 13.3. The molecule has 3 atom stereocenters. The van der Waals surface area contributed by atoms with Crippen LogP contribution in [-0.4, -0.2) is 29.0 Å². The highest BCUT2D eigenvalue weighted by molar-refractivity contribution is 9.11. The second-order valence-corrected chi connectivity index (χ2v) is 7.21. The molecule has 1 aromatic heterocycles. The number of fused-ring (bicyclic) bond motifs is 1. The van der Waals surface area contributed by atoms with E-state index in [1.165, 1.54) is 19.4 Å². The van der Waals surface area contributed by atoms with Crippen molar-refractivity contribution in [2.24, 2.45) is 17.6 Å². The number of hydrogen-bond donors (Lipinski definition) is 1. The Morgan fingerprint density at radius 1 is 1.33 bits per heavy atom. The normalized spacial score (nSPS) is 31.8. The Hall–Kier alpha value is 0.0300. The minimum Gasteiger partial charge on any atom is -0.327 e. The highest BCUT2D eigenvalue weighted by Crippen LogP contribution is 2.37. The molecule has 18 heavy (non-hydrogen) atoms. The zero-order valence-electron chi connectivity index (χ0n) is 10.1. The number of nitrogens with zero attached hydrogens (tertiary/aromatic N) is 2. The van der Waals surface area contributed by atoms with Gasteiger partial charge in [0.05, 0.1) is 5.69 Å². The third-order valence-corrected chi connectivity index (χ3v) is 5.37. The first-order valence-electron chi connectivity index (χ1n) is 6.41. The molecular formula is C13H17Br2N3. The van der Waals surface area contributed by atoms with E-state index in [1.807, 2.05) is 6.20 Å². The van der Waals surface area contributed by atoms with Crippen LogP contribution in [0, 0.1) is 11.8 Å². The minimum absolute atomic E-state index is 0.418. The molecule has 2 aliphatic rings. The summed E-state index contributed by atoms with van der Waals surface area (Å²) in [4.78, 5) is 6.98. The second-order valence-electron chi connectivity index (χ2n) is 5.44. The van der Waals surface area contributed by atoms with Crippen molar-refractivity contribution >= 4 is 31.9 Å². The van der Waals surface area contributed by atoms with Crippen LogP contribution in [0.1, 0.15) is 18.5 Å². The Labute approximate surface area is 124 Å². The van der Waals surface area contributed by atoms with E-state index in [2.05, 4.69) is 47.8 Å². The fraction of sp³-hybridized carbons (Fsp3) is 0.615. The predicted octanol–water partition coefficient (Wildman–Crippen LogP) is 2.78. The lowest BCUT2D eigenvalue weighted by atomic mass is 9.98. The van der Waals surface area contributed by atoms with Gasteiger partial charge in [0.1, 0.15) is 0 Å². The molecule has 1 aliphatic carbocycles. The van der Waals surface area contributed by atoms with Crippen molar-refractivity contribution in [1.82, 2.24) is 9.88 Å². The summed E-state index contributed by atoms with van der Waals surface area (Å²) in [7, 11) is 0. The topological polar surface area (TPSA) is 42.1 Å². The van der Waals surface area contributed by atoms with E-state index in [4.69, 9.17) is 5.73 Å². The Bertz CT molecular complexity index is 452. The Balaban J connectivity index is 1.68. The van der Waals surface area contributed by atoms with E-state index in [0.717, 1.165) is 33.6 Å². The van der Waals surface area contributed by atoms with E-state index >= 15 is 0 Å². The number of pyridine rings is 1. The molecule has 3 rings (SSSR count). The molecule has 2 heterocycles. The van der Waals surface area contributed by atoms with Crippen molar-refractivity contribution in [3.8, 4) is 0 Å². The molecule has 2 N–H and O–H groups in total. The van der Waals surface area contributed by atoms with Gasteiger partial charge in [-0.15, -0.1) is 0 Å². The summed E-state index contributed by atoms with van der Waals surface area (Å²) in [5.74, 6) is 1.52. The maximum absolute atomic E-state index is 6.17. The fourth-order valence-corrected chi connectivity index (χ4v) is 4.41. The molecule has 2 fully saturated rings. The first-order chi connectivity index (χ1) is 8.63. The first kappa shape index (κ1) is 13.0. The molecule has 0 spiro atoms. The second kappa shape index (κ2) is 5.19. The van der Waals surface area contributed by atoms with Crippen molar-refractivity contribution in [1.29, 1.82) is 0 Å². The van der Waals surface area contributed by atoms with Crippen LogP contribution in [-0.2, 0) is 6.54 Å². The maximum atomic E-state index is 6.17. The van der Waals surface area contributed by atoms with Crippen LogP contribution in [0.2, 0.25) is 0 Å². The summed E-state index contributed by atoms with van der Waals surface area (Å²) in [6, 6.07) is 2.48. The highest BCUT2D eigenvalue weighted by atomic mass is 79.9. The average molecular weight is 375 g/mol. The molecule has 3 unspecified atom stereocenters. The molecule has 0 bridgehead atoms. The number of aromatic nitrogens is 1. The largest absolute Gasteiger partial charge is 0.327 e. The summed E-state index contributed by atoms with van der Waals surface area (Å²) in [6.07, 6.45) is 4.38. The Morgan fingerprint density at radius 2 is 2.17 bits per heavy atom. The van der Waals surface area contributed by atoms with E-state index in [0.29, 0.717) is 12.0 Å². The molecular weight excluding hydrogens is 358 g/mol. The van der Waals surface area contributed by atoms with Crippen LogP contribution < -0.4 is 5.73 Å². The van der Waals surface area contributed by atoms with Gasteiger partial charge in [0.15, 0.2) is 0 Å². The third-order valence-electron chi connectivity index (χ3n) is 4.25. The van der Waals surface area contributed by atoms with Crippen LogP contribution in [0.3, 0.4) is 0 Å². The number of nitrogens with two attached hydrogens (primary N) is 1. The summed E-state index contributed by atoms with van der Waals surface area (Å²) < 4.78 is 2.09. The van der Waals surface area contributed by atoms with Crippen LogP contribution >= 0.6 is 31.9 Å². The quantitative estimate of drug-likeness (QED) is 0.865. The Morgan fingerprint density at radius 3 is 2.89 bits per heavy atom. The van der Waals surface area contributed by atoms with E-state index in [1.54, 1.807) is 0 Å². The fourth-order valence-electron chi connectivity index (χ4n) is 3.30. The van der Waals surface area contributed by atoms with Crippen LogP contribution in [0.25, 0.3) is 0 Å². The third kappa shape index (κ3) is 2.50. The molecule has 1 aromatic rings. The zero-order chi connectivity index (χ0) is 12.7. The number of likely N-dealkylation sites (tertiary alicyclic amines) is 1. The maximum Gasteiger partial charge on any atom is 0.0686 e. The molecule has 1 saturated heterocycles. The van der Waals surface area contributed by atoms with Gasteiger partial charge in [-0.1, -0.05) is 0 Å². The monoisotopic (exact) mass is 373 g/mol. The van der Waals surface area contributed by atoms with Crippen molar-refractivity contribution in [3.05, 3.63) is 26.9 Å². The van der Waals surface area contributed by atoms with Crippen molar-refractivity contribution < 1.29 is 0 Å². The molecule has 5 heteroatoms. The lowest BCUT2D eigenvalue weighted by Gasteiger charge is -2.18. The van der Waals surface area contributed by atoms with Gasteiger partial charge in [-0.25, -0.2) is 0 Å². The summed E-state index contributed by atoms with van der Waals surface area (Å²) in [5, 5.41) is 0. The summed E-state index contributed by atoms with van der Waals surface area (Å²) in [5.41, 5.74) is 7.28. The van der Waals surface area contributed by atoms with Crippen molar-refractivity contribution in [2.45, 2.75) is 25.4 Å². The SMILES string of the molecule is NC1CCC2CN(Cc3ncc(Br)cc3Br)CC12. The minimum atomic E-state index is 0.418. The number of halogens is 2. The highest BCUT2D eigenvalue weighted by Gasteiger charge is 2.40. The van der Waals surface area contributed by atoms with Gasteiger partial charge in [0, 0.05) is 40.8 Å². The Kier molecular flexibility index (Phi) is 3.76. The van der Waals surface area contributed by atoms with Crippen LogP contribution in [0.5, 0.6) is 0 Å². The van der Waals surface area contributed by atoms with Gasteiger partial charge in [-0.2, -0.15) is 0 Å². The van der Waals surface area contributed by atoms with Crippen LogP contribution in [0.15, 0.2) is 21.2 Å². The summed E-state index contributed by atoms with van der Waals surface area (Å²) in [6.45, 7) is 3.24. The van der Waals surface area contributed by atoms with Gasteiger partial charge >= 0.3 is 0 Å². The summed E-state index contributed by atoms with van der Waals surface area (Å²) >= 11 is 7.02. The predicted molar refractivity (Wildman–Crippen MR) is 79.1 cm³/mol. The molecule has 3 nitrogen and oxygen atoms in total. The molecule has 0 radical (unpaired) electrons. The van der Waals surface area contributed by atoms with Gasteiger partial charge in [0.25, 0.3) is 0 Å². The molecule has 98 valence electrons. The van der Waals surface area contributed by atoms with Crippen LogP contribution in [0.4, 0.5) is 0 Å². The number of rotatable bonds is 2. The van der Waals surface area contributed by atoms with E-state index < -0.39 is 0 Å². The van der Waals surface area contributed by atoms with E-state index in [-0.39, 0.29) is 0 Å². The molecule has 0 aromatic carbocycles. The standard InChI is InChI=1S/C13H17Br2N3/c14-9-3-11(15)13(17-4-9)7-18-5-8-1-2-12(16)10(8)6-18/h3-4,8,10,12H,1-2,5-7,16H2. The smallest absolute Gasteiger partial charge is 0.0686 e. The lowest BCUT2D eigenvalue weighted by Crippen LogP contribution is -2.30. The first-order valence-corrected chi connectivity index (χ1v) is 8.00. The van der Waals surface area contributed by atoms with Crippen molar-refractivity contribution in [3.63, 3.8) is 0 Å². The van der Waals surface area contributed by atoms with Crippen molar-refractivity contribution in [2.75, 3.05) is 13.1 Å². The van der Waals surface area contributed by atoms with Gasteiger partial charge in [0.2, 0.25) is 0 Å². The molecule has 1 aliphatic heterocycles. The molecule has 1 saturated carbocycles. The van der Waals surface area contributed by atoms with E-state index in [9.17, 15) is 0 Å². The van der Waals surface area contributed by atoms with Gasteiger partial charge in [-0.05, 0) is 62.6 Å². The number of hydrogen-bond acceptors (Lipinski definition) is 3. The van der Waals surface area contributed by atoms with Gasteiger partial charge in [-0.3, -0.25) is 9.88 Å². The lowest BCUT2D eigenvalue weighted by molar-refractivity contribution is 0.294. The van der Waals surface area contributed by atoms with Gasteiger partial charge < -0.3 is 5.73 Å².